The van der Waals surface area contributed by atoms with Crippen LogP contribution in [0.5, 0.6) is 5.75 Å². The van der Waals surface area contributed by atoms with Crippen LogP contribution < -0.4 is 9.64 Å². The Balaban J connectivity index is 1.80. The van der Waals surface area contributed by atoms with Gasteiger partial charge in [-0.15, -0.1) is 0 Å². The summed E-state index contributed by atoms with van der Waals surface area (Å²) in [4.78, 5) is 27.5. The number of amides is 1. The molecule has 0 bridgehead atoms. The predicted molar refractivity (Wildman–Crippen MR) is 110 cm³/mol. The SMILES string of the molecule is COc1ccc(C(=O)/C=C2/c3ccccc3C(=O)N2c2ccc(C)cc2)cc1. The van der Waals surface area contributed by atoms with Gasteiger partial charge in [0.2, 0.25) is 0 Å². The molecule has 0 fully saturated rings. The first-order valence-corrected chi connectivity index (χ1v) is 8.99. The van der Waals surface area contributed by atoms with Crippen molar-refractivity contribution in [1.29, 1.82) is 0 Å². The Morgan fingerprint density at radius 3 is 2.18 bits per heavy atom. The van der Waals surface area contributed by atoms with Gasteiger partial charge in [-0.05, 0) is 49.4 Å². The molecular weight excluding hydrogens is 350 g/mol. The van der Waals surface area contributed by atoms with E-state index in [2.05, 4.69) is 0 Å². The van der Waals surface area contributed by atoms with Crippen LogP contribution >= 0.6 is 0 Å². The maximum atomic E-state index is 13.1. The molecule has 4 rings (SSSR count). The summed E-state index contributed by atoms with van der Waals surface area (Å²) in [6, 6.07) is 22.0. The number of carbonyl (C=O) groups excluding carboxylic acids is 2. The molecule has 1 amide bonds. The normalized spacial score (nSPS) is 14.3. The molecule has 4 heteroatoms. The molecular formula is C24H19NO3. The second kappa shape index (κ2) is 7.16. The van der Waals surface area contributed by atoms with Crippen LogP contribution in [0.1, 0.15) is 31.8 Å². The largest absolute Gasteiger partial charge is 0.497 e. The first-order chi connectivity index (χ1) is 13.6. The van der Waals surface area contributed by atoms with Crippen molar-refractivity contribution in [1.82, 2.24) is 0 Å². The van der Waals surface area contributed by atoms with Crippen LogP contribution in [0.15, 0.2) is 78.9 Å². The second-order valence-electron chi connectivity index (χ2n) is 6.64. The molecule has 3 aromatic carbocycles. The molecule has 0 saturated carbocycles. The molecule has 0 aliphatic carbocycles. The van der Waals surface area contributed by atoms with Crippen molar-refractivity contribution in [2.75, 3.05) is 12.0 Å². The zero-order valence-corrected chi connectivity index (χ0v) is 15.7. The van der Waals surface area contributed by atoms with Gasteiger partial charge in [0.1, 0.15) is 5.75 Å². The lowest BCUT2D eigenvalue weighted by molar-refractivity contribution is 0.101. The number of carbonyl (C=O) groups is 2. The monoisotopic (exact) mass is 369 g/mol. The van der Waals surface area contributed by atoms with Gasteiger partial charge in [0.25, 0.3) is 5.91 Å². The highest BCUT2D eigenvalue weighted by molar-refractivity contribution is 6.25. The van der Waals surface area contributed by atoms with Crippen molar-refractivity contribution in [2.45, 2.75) is 6.92 Å². The topological polar surface area (TPSA) is 46.6 Å². The summed E-state index contributed by atoms with van der Waals surface area (Å²) in [6.07, 6.45) is 1.53. The number of benzene rings is 3. The highest BCUT2D eigenvalue weighted by Crippen LogP contribution is 2.37. The Morgan fingerprint density at radius 2 is 1.54 bits per heavy atom. The van der Waals surface area contributed by atoms with E-state index in [9.17, 15) is 9.59 Å². The van der Waals surface area contributed by atoms with Crippen LogP contribution in [0, 0.1) is 6.92 Å². The van der Waals surface area contributed by atoms with Gasteiger partial charge in [0.05, 0.1) is 12.8 Å². The number of nitrogens with zero attached hydrogens (tertiary/aromatic N) is 1. The average Bonchev–Trinajstić information content (AvgIpc) is 3.01. The first-order valence-electron chi connectivity index (χ1n) is 8.99. The third-order valence-corrected chi connectivity index (χ3v) is 4.81. The van der Waals surface area contributed by atoms with E-state index in [0.717, 1.165) is 16.8 Å². The van der Waals surface area contributed by atoms with E-state index < -0.39 is 0 Å². The van der Waals surface area contributed by atoms with Crippen LogP contribution in [-0.4, -0.2) is 18.8 Å². The predicted octanol–water partition coefficient (Wildman–Crippen LogP) is 4.89. The summed E-state index contributed by atoms with van der Waals surface area (Å²) in [7, 11) is 1.58. The van der Waals surface area contributed by atoms with E-state index in [-0.39, 0.29) is 11.7 Å². The Morgan fingerprint density at radius 1 is 0.893 bits per heavy atom. The zero-order chi connectivity index (χ0) is 19.7. The van der Waals surface area contributed by atoms with E-state index in [0.29, 0.717) is 22.6 Å². The van der Waals surface area contributed by atoms with E-state index in [4.69, 9.17) is 4.74 Å². The van der Waals surface area contributed by atoms with Crippen molar-refractivity contribution in [3.8, 4) is 5.75 Å². The Bertz CT molecular complexity index is 1080. The fourth-order valence-corrected chi connectivity index (χ4v) is 3.30. The minimum atomic E-state index is -0.167. The summed E-state index contributed by atoms with van der Waals surface area (Å²) in [5.74, 6) is 0.388. The minimum Gasteiger partial charge on any atom is -0.497 e. The molecule has 0 aromatic heterocycles. The van der Waals surface area contributed by atoms with Crippen LogP contribution in [0.2, 0.25) is 0 Å². The smallest absolute Gasteiger partial charge is 0.263 e. The molecule has 0 saturated heterocycles. The number of ketones is 1. The lowest BCUT2D eigenvalue weighted by Gasteiger charge is -2.18. The number of ether oxygens (including phenoxy) is 1. The lowest BCUT2D eigenvalue weighted by atomic mass is 10.0. The van der Waals surface area contributed by atoms with E-state index in [1.54, 1.807) is 42.3 Å². The summed E-state index contributed by atoms with van der Waals surface area (Å²) in [6.45, 7) is 1.99. The van der Waals surface area contributed by atoms with Gasteiger partial charge < -0.3 is 4.74 Å². The van der Waals surface area contributed by atoms with Crippen LogP contribution in [0.3, 0.4) is 0 Å². The quantitative estimate of drug-likeness (QED) is 0.486. The molecule has 0 N–H and O–H groups in total. The van der Waals surface area contributed by atoms with Gasteiger partial charge in [-0.25, -0.2) is 0 Å². The summed E-state index contributed by atoms with van der Waals surface area (Å²) < 4.78 is 5.15. The van der Waals surface area contributed by atoms with Gasteiger partial charge in [-0.1, -0.05) is 35.9 Å². The Hall–Kier alpha value is -3.66. The number of allylic oxidation sites excluding steroid dienone is 1. The molecule has 138 valence electrons. The molecule has 1 aliphatic heterocycles. The molecule has 3 aromatic rings. The number of methoxy groups -OCH3 is 1. The van der Waals surface area contributed by atoms with E-state index in [1.165, 1.54) is 6.08 Å². The molecule has 0 radical (unpaired) electrons. The molecule has 28 heavy (non-hydrogen) atoms. The fraction of sp³-hybridized carbons (Fsp3) is 0.0833. The summed E-state index contributed by atoms with van der Waals surface area (Å²) >= 11 is 0. The van der Waals surface area contributed by atoms with Gasteiger partial charge >= 0.3 is 0 Å². The molecule has 0 atom stereocenters. The molecule has 1 heterocycles. The van der Waals surface area contributed by atoms with Gasteiger partial charge in [0, 0.05) is 28.5 Å². The summed E-state index contributed by atoms with van der Waals surface area (Å²) in [5, 5.41) is 0. The molecule has 1 aliphatic rings. The van der Waals surface area contributed by atoms with E-state index in [1.807, 2.05) is 49.4 Å². The number of aryl methyl sites for hydroxylation is 1. The fourth-order valence-electron chi connectivity index (χ4n) is 3.30. The standard InChI is InChI=1S/C24H19NO3/c1-16-7-11-18(12-8-16)25-22(20-5-3-4-6-21(20)24(25)27)15-23(26)17-9-13-19(28-2)14-10-17/h3-15H,1-2H3/b22-15-. The maximum absolute atomic E-state index is 13.1. The van der Waals surface area contributed by atoms with Gasteiger partial charge in [-0.2, -0.15) is 0 Å². The molecule has 0 unspecified atom stereocenters. The number of hydrogen-bond acceptors (Lipinski definition) is 3. The third kappa shape index (κ3) is 3.09. The first kappa shape index (κ1) is 17.7. The molecule has 4 nitrogen and oxygen atoms in total. The molecule has 0 spiro atoms. The second-order valence-corrected chi connectivity index (χ2v) is 6.64. The highest BCUT2D eigenvalue weighted by Gasteiger charge is 2.33. The Kier molecular flexibility index (Phi) is 4.53. The van der Waals surface area contributed by atoms with Crippen molar-refractivity contribution < 1.29 is 14.3 Å². The maximum Gasteiger partial charge on any atom is 0.263 e. The highest BCUT2D eigenvalue weighted by atomic mass is 16.5. The number of rotatable bonds is 4. The van der Waals surface area contributed by atoms with Crippen molar-refractivity contribution in [2.24, 2.45) is 0 Å². The summed E-state index contributed by atoms with van der Waals surface area (Å²) in [5.41, 5.74) is 4.32. The van der Waals surface area contributed by atoms with Crippen LogP contribution in [0.4, 0.5) is 5.69 Å². The van der Waals surface area contributed by atoms with Crippen LogP contribution in [-0.2, 0) is 0 Å². The lowest BCUT2D eigenvalue weighted by Crippen LogP contribution is -2.22. The number of hydrogen-bond donors (Lipinski definition) is 0. The number of fused-ring (bicyclic) bond motifs is 1. The van der Waals surface area contributed by atoms with E-state index >= 15 is 0 Å². The van der Waals surface area contributed by atoms with Gasteiger partial charge in [-0.3, -0.25) is 14.5 Å². The van der Waals surface area contributed by atoms with Crippen LogP contribution in [0.25, 0.3) is 5.70 Å². The van der Waals surface area contributed by atoms with Crippen molar-refractivity contribution in [3.05, 3.63) is 101 Å². The third-order valence-electron chi connectivity index (χ3n) is 4.81. The Labute approximate surface area is 163 Å². The average molecular weight is 369 g/mol. The number of anilines is 1. The zero-order valence-electron chi connectivity index (χ0n) is 15.7. The van der Waals surface area contributed by atoms with Crippen molar-refractivity contribution in [3.63, 3.8) is 0 Å². The minimum absolute atomic E-state index is 0.131. The van der Waals surface area contributed by atoms with Gasteiger partial charge in [0.15, 0.2) is 5.78 Å². The van der Waals surface area contributed by atoms with Crippen molar-refractivity contribution >= 4 is 23.1 Å².